The minimum absolute atomic E-state index is 0.241. The van der Waals surface area contributed by atoms with Crippen LogP contribution in [-0.4, -0.2) is 45.8 Å². The van der Waals surface area contributed by atoms with E-state index in [1.165, 1.54) is 24.3 Å². The molecule has 0 aromatic heterocycles. The average Bonchev–Trinajstić information content (AvgIpc) is 2.73. The lowest BCUT2D eigenvalue weighted by Gasteiger charge is -2.32. The number of fused-ring (bicyclic) bond motifs is 1. The van der Waals surface area contributed by atoms with E-state index in [2.05, 4.69) is 15.2 Å². The van der Waals surface area contributed by atoms with Crippen molar-refractivity contribution in [1.29, 1.82) is 0 Å². The van der Waals surface area contributed by atoms with Gasteiger partial charge in [0.2, 0.25) is 0 Å². The Bertz CT molecular complexity index is 870. The van der Waals surface area contributed by atoms with Gasteiger partial charge in [-0.2, -0.15) is 0 Å². The van der Waals surface area contributed by atoms with Gasteiger partial charge in [-0.15, -0.1) is 0 Å². The highest BCUT2D eigenvalue weighted by molar-refractivity contribution is 5.80. The summed E-state index contributed by atoms with van der Waals surface area (Å²) >= 11 is 0. The first-order chi connectivity index (χ1) is 13.6. The zero-order valence-corrected chi connectivity index (χ0v) is 16.7. The molecule has 2 aromatic rings. The van der Waals surface area contributed by atoms with Gasteiger partial charge >= 0.3 is 0 Å². The Morgan fingerprint density at radius 3 is 2.32 bits per heavy atom. The van der Waals surface area contributed by atoms with E-state index < -0.39 is 0 Å². The van der Waals surface area contributed by atoms with E-state index >= 15 is 0 Å². The molecule has 6 nitrogen and oxygen atoms in total. The van der Waals surface area contributed by atoms with E-state index in [1.54, 1.807) is 27.3 Å². The van der Waals surface area contributed by atoms with Crippen molar-refractivity contribution in [1.82, 2.24) is 10.2 Å². The van der Waals surface area contributed by atoms with Crippen molar-refractivity contribution in [3.8, 4) is 17.2 Å². The van der Waals surface area contributed by atoms with E-state index in [4.69, 9.17) is 14.2 Å². The Hall–Kier alpha value is -2.96. The third-order valence-corrected chi connectivity index (χ3v) is 4.90. The van der Waals surface area contributed by atoms with Crippen LogP contribution in [0.1, 0.15) is 16.7 Å². The molecule has 0 amide bonds. The Kier molecular flexibility index (Phi) is 6.23. The molecular weight excluding hydrogens is 361 g/mol. The van der Waals surface area contributed by atoms with Gasteiger partial charge in [0.1, 0.15) is 0 Å². The van der Waals surface area contributed by atoms with Crippen LogP contribution in [0.2, 0.25) is 0 Å². The van der Waals surface area contributed by atoms with Crippen LogP contribution in [0.25, 0.3) is 0 Å². The number of nitrogens with one attached hydrogen (secondary N) is 1. The quantitative estimate of drug-likeness (QED) is 0.631. The Balaban J connectivity index is 1.70. The first-order valence-electron chi connectivity index (χ1n) is 9.11. The standard InChI is InChI=1S/C21H26FN3O3/c1-23-21(24-12-14-5-6-18(26-2)17(22)9-14)25-8-7-15-10-19(27-3)20(28-4)11-16(15)13-25/h5-6,9-11H,7-8,12-13H2,1-4H3,(H,23,24). The maximum atomic E-state index is 13.9. The van der Waals surface area contributed by atoms with E-state index in [1.807, 2.05) is 18.2 Å². The smallest absolute Gasteiger partial charge is 0.194 e. The summed E-state index contributed by atoms with van der Waals surface area (Å²) in [4.78, 5) is 6.56. The number of hydrogen-bond donors (Lipinski definition) is 1. The first kappa shape index (κ1) is 19.8. The number of nitrogens with zero attached hydrogens (tertiary/aromatic N) is 2. The Morgan fingerprint density at radius 2 is 1.71 bits per heavy atom. The summed E-state index contributed by atoms with van der Waals surface area (Å²) in [5.74, 6) is 2.12. The number of guanidine groups is 1. The fraction of sp³-hybridized carbons (Fsp3) is 0.381. The third kappa shape index (κ3) is 4.13. The zero-order chi connectivity index (χ0) is 20.1. The minimum atomic E-state index is -0.371. The second kappa shape index (κ2) is 8.82. The largest absolute Gasteiger partial charge is 0.494 e. The van der Waals surface area contributed by atoms with E-state index in [9.17, 15) is 4.39 Å². The van der Waals surface area contributed by atoms with E-state index in [0.717, 1.165) is 36.0 Å². The van der Waals surface area contributed by atoms with Crippen molar-refractivity contribution in [2.24, 2.45) is 4.99 Å². The van der Waals surface area contributed by atoms with Crippen molar-refractivity contribution in [3.63, 3.8) is 0 Å². The highest BCUT2D eigenvalue weighted by Gasteiger charge is 2.21. The van der Waals surface area contributed by atoms with Crippen LogP contribution in [0.15, 0.2) is 35.3 Å². The second-order valence-electron chi connectivity index (χ2n) is 6.52. The fourth-order valence-corrected chi connectivity index (χ4v) is 3.40. The molecule has 0 aliphatic carbocycles. The molecule has 0 spiro atoms. The molecule has 0 saturated heterocycles. The lowest BCUT2D eigenvalue weighted by Crippen LogP contribution is -2.43. The molecular formula is C21H26FN3O3. The monoisotopic (exact) mass is 387 g/mol. The summed E-state index contributed by atoms with van der Waals surface area (Å²) in [5.41, 5.74) is 3.26. The molecule has 150 valence electrons. The molecule has 1 aliphatic rings. The van der Waals surface area contributed by atoms with Gasteiger partial charge < -0.3 is 24.4 Å². The number of rotatable bonds is 5. The summed E-state index contributed by atoms with van der Waals surface area (Å²) < 4.78 is 29.7. The second-order valence-corrected chi connectivity index (χ2v) is 6.52. The number of benzene rings is 2. The first-order valence-corrected chi connectivity index (χ1v) is 9.11. The van der Waals surface area contributed by atoms with E-state index in [-0.39, 0.29) is 11.6 Å². The van der Waals surface area contributed by atoms with Crippen LogP contribution in [0.5, 0.6) is 17.2 Å². The van der Waals surface area contributed by atoms with Crippen LogP contribution >= 0.6 is 0 Å². The molecule has 1 aliphatic heterocycles. The number of methoxy groups -OCH3 is 3. The fourth-order valence-electron chi connectivity index (χ4n) is 3.40. The van der Waals surface area contributed by atoms with E-state index in [0.29, 0.717) is 13.1 Å². The van der Waals surface area contributed by atoms with Crippen LogP contribution in [0.4, 0.5) is 4.39 Å². The van der Waals surface area contributed by atoms with Crippen molar-refractivity contribution in [2.45, 2.75) is 19.5 Å². The molecule has 1 N–H and O–H groups in total. The maximum Gasteiger partial charge on any atom is 0.194 e. The predicted octanol–water partition coefficient (Wildman–Crippen LogP) is 2.99. The maximum absolute atomic E-state index is 13.9. The SMILES string of the molecule is CN=C(NCc1ccc(OC)c(F)c1)N1CCc2cc(OC)c(OC)cc2C1. The normalized spacial score (nSPS) is 13.8. The summed E-state index contributed by atoms with van der Waals surface area (Å²) in [5, 5.41) is 3.31. The van der Waals surface area contributed by atoms with Crippen LogP contribution < -0.4 is 19.5 Å². The molecule has 0 unspecified atom stereocenters. The summed E-state index contributed by atoms with van der Waals surface area (Å²) in [7, 11) is 6.49. The van der Waals surface area contributed by atoms with Crippen LogP contribution in [0, 0.1) is 5.82 Å². The van der Waals surface area contributed by atoms with Gasteiger partial charge in [0.25, 0.3) is 0 Å². The van der Waals surface area contributed by atoms with Gasteiger partial charge in [0.05, 0.1) is 21.3 Å². The molecule has 28 heavy (non-hydrogen) atoms. The van der Waals surface area contributed by atoms with Crippen LogP contribution in [0.3, 0.4) is 0 Å². The van der Waals surface area contributed by atoms with Gasteiger partial charge in [-0.05, 0) is 47.4 Å². The molecule has 0 saturated carbocycles. The Labute approximate surface area is 164 Å². The van der Waals surface area contributed by atoms with Gasteiger partial charge in [-0.3, -0.25) is 4.99 Å². The number of aliphatic imine (C=N–C) groups is 1. The molecule has 1 heterocycles. The van der Waals surface area contributed by atoms with Crippen LogP contribution in [-0.2, 0) is 19.5 Å². The molecule has 3 rings (SSSR count). The highest BCUT2D eigenvalue weighted by atomic mass is 19.1. The lowest BCUT2D eigenvalue weighted by molar-refractivity contribution is 0.346. The van der Waals surface area contributed by atoms with Crippen molar-refractivity contribution in [3.05, 3.63) is 52.8 Å². The molecule has 7 heteroatoms. The molecule has 2 aromatic carbocycles. The van der Waals surface area contributed by atoms with Gasteiger partial charge in [0.15, 0.2) is 29.0 Å². The zero-order valence-electron chi connectivity index (χ0n) is 16.7. The molecule has 0 radical (unpaired) electrons. The topological polar surface area (TPSA) is 55.3 Å². The Morgan fingerprint density at radius 1 is 1.04 bits per heavy atom. The molecule has 0 fully saturated rings. The van der Waals surface area contributed by atoms with Crippen molar-refractivity contribution >= 4 is 5.96 Å². The van der Waals surface area contributed by atoms with Gasteiger partial charge in [-0.1, -0.05) is 6.07 Å². The third-order valence-electron chi connectivity index (χ3n) is 4.90. The number of hydrogen-bond acceptors (Lipinski definition) is 4. The average molecular weight is 387 g/mol. The summed E-state index contributed by atoms with van der Waals surface area (Å²) in [6.07, 6.45) is 0.882. The highest BCUT2D eigenvalue weighted by Crippen LogP contribution is 2.33. The summed E-state index contributed by atoms with van der Waals surface area (Å²) in [6, 6.07) is 9.01. The van der Waals surface area contributed by atoms with Gasteiger partial charge in [-0.25, -0.2) is 4.39 Å². The number of ether oxygens (including phenoxy) is 3. The minimum Gasteiger partial charge on any atom is -0.494 e. The van der Waals surface area contributed by atoms with Crippen molar-refractivity contribution < 1.29 is 18.6 Å². The summed E-state index contributed by atoms with van der Waals surface area (Å²) in [6.45, 7) is 2.02. The predicted molar refractivity (Wildman–Crippen MR) is 107 cm³/mol. The number of halogens is 1. The molecule has 0 bridgehead atoms. The lowest BCUT2D eigenvalue weighted by atomic mass is 9.99. The van der Waals surface area contributed by atoms with Gasteiger partial charge in [0, 0.05) is 26.7 Å². The molecule has 0 atom stereocenters. The van der Waals surface area contributed by atoms with Crippen molar-refractivity contribution in [2.75, 3.05) is 34.9 Å².